The molecule has 11 heteroatoms. The highest BCUT2D eigenvalue weighted by atomic mass is 35.5. The van der Waals surface area contributed by atoms with E-state index < -0.39 is 5.41 Å². The van der Waals surface area contributed by atoms with Crippen molar-refractivity contribution < 1.29 is 9.59 Å². The van der Waals surface area contributed by atoms with Gasteiger partial charge < -0.3 is 9.80 Å². The van der Waals surface area contributed by atoms with Gasteiger partial charge in [-0.25, -0.2) is 0 Å². The number of piperidine rings is 1. The number of halogens is 1. The molecule has 4 aromatic rings. The van der Waals surface area contributed by atoms with Gasteiger partial charge in [-0.2, -0.15) is 9.78 Å². The maximum Gasteiger partial charge on any atom is 0.254 e. The third-order valence-corrected chi connectivity index (χ3v) is 8.54. The zero-order chi connectivity index (χ0) is 30.0. The van der Waals surface area contributed by atoms with Crippen molar-refractivity contribution in [3.05, 3.63) is 74.4 Å². The molecule has 0 spiro atoms. The van der Waals surface area contributed by atoms with Crippen LogP contribution in [0, 0.1) is 5.41 Å². The summed E-state index contributed by atoms with van der Waals surface area (Å²) in [6, 6.07) is 12.7. The quantitative estimate of drug-likeness (QED) is 0.263. The number of hydrogen-bond acceptors (Lipinski definition) is 7. The van der Waals surface area contributed by atoms with E-state index in [1.54, 1.807) is 18.5 Å². The Morgan fingerprint density at radius 1 is 1.05 bits per heavy atom. The molecule has 1 fully saturated rings. The van der Waals surface area contributed by atoms with Gasteiger partial charge in [0.15, 0.2) is 0 Å². The smallest absolute Gasteiger partial charge is 0.254 e. The largest absolute Gasteiger partial charge is 0.354 e. The molecule has 5 heterocycles. The Labute approximate surface area is 254 Å². The molecule has 0 aromatic carbocycles. The molecule has 220 valence electrons. The van der Waals surface area contributed by atoms with Crippen LogP contribution in [-0.2, 0) is 17.9 Å². The number of hydrogen-bond donors (Lipinski definition) is 0. The molecule has 1 saturated heterocycles. The van der Waals surface area contributed by atoms with E-state index in [1.165, 1.54) is 26.7 Å². The van der Waals surface area contributed by atoms with Crippen LogP contribution in [-0.4, -0.2) is 56.2 Å². The Kier molecular flexibility index (Phi) is 8.65. The minimum atomic E-state index is -0.716. The summed E-state index contributed by atoms with van der Waals surface area (Å²) in [6.07, 6.45) is 6.37. The van der Waals surface area contributed by atoms with Crippen molar-refractivity contribution in [1.29, 1.82) is 0 Å². The highest BCUT2D eigenvalue weighted by Crippen LogP contribution is 2.31. The zero-order valence-corrected chi connectivity index (χ0v) is 25.9. The van der Waals surface area contributed by atoms with Gasteiger partial charge in [-0.3, -0.25) is 23.9 Å². The Bertz CT molecular complexity index is 1650. The molecule has 0 radical (unpaired) electrons. The summed E-state index contributed by atoms with van der Waals surface area (Å²) in [5, 5.41) is 4.77. The number of carbonyl (C=O) groups is 2. The van der Waals surface area contributed by atoms with Crippen LogP contribution in [0.1, 0.15) is 49.7 Å². The average Bonchev–Trinajstić information content (AvgIpc) is 3.60. The normalized spacial score (nSPS) is 13.8. The van der Waals surface area contributed by atoms with Crippen LogP contribution >= 0.6 is 22.9 Å². The second-order valence-electron chi connectivity index (χ2n) is 11.7. The van der Waals surface area contributed by atoms with E-state index >= 15 is 0 Å². The van der Waals surface area contributed by atoms with Crippen LogP contribution in [0.25, 0.3) is 22.5 Å². The first-order chi connectivity index (χ1) is 20.0. The Morgan fingerprint density at radius 3 is 2.45 bits per heavy atom. The third kappa shape index (κ3) is 6.50. The Hall–Kier alpha value is -3.76. The average molecular weight is 607 g/mol. The number of anilines is 1. The van der Waals surface area contributed by atoms with E-state index in [1.807, 2.05) is 68.0 Å². The highest BCUT2D eigenvalue weighted by molar-refractivity contribution is 7.16. The van der Waals surface area contributed by atoms with E-state index in [0.29, 0.717) is 46.7 Å². The van der Waals surface area contributed by atoms with Crippen molar-refractivity contribution in [2.45, 2.75) is 53.1 Å². The van der Waals surface area contributed by atoms with Gasteiger partial charge in [0.05, 0.1) is 16.6 Å². The summed E-state index contributed by atoms with van der Waals surface area (Å²) >= 11 is 7.64. The van der Waals surface area contributed by atoms with Crippen molar-refractivity contribution >= 4 is 40.6 Å². The van der Waals surface area contributed by atoms with Gasteiger partial charge in [0, 0.05) is 60.5 Å². The van der Waals surface area contributed by atoms with Crippen LogP contribution < -0.4 is 10.5 Å². The summed E-state index contributed by atoms with van der Waals surface area (Å²) in [5.41, 5.74) is 1.27. The van der Waals surface area contributed by atoms with E-state index in [4.69, 9.17) is 16.7 Å². The summed E-state index contributed by atoms with van der Waals surface area (Å²) in [4.78, 5) is 49.6. The fourth-order valence-corrected chi connectivity index (χ4v) is 6.18. The van der Waals surface area contributed by atoms with E-state index in [9.17, 15) is 14.4 Å². The number of carbonyl (C=O) groups excluding carboxylic acids is 2. The molecule has 42 heavy (non-hydrogen) atoms. The van der Waals surface area contributed by atoms with Gasteiger partial charge >= 0.3 is 0 Å². The maximum absolute atomic E-state index is 13.6. The Balaban J connectivity index is 1.63. The van der Waals surface area contributed by atoms with Crippen molar-refractivity contribution in [1.82, 2.24) is 24.2 Å². The fourth-order valence-electron chi connectivity index (χ4n) is 5.04. The molecular weight excluding hydrogens is 572 g/mol. The highest BCUT2D eigenvalue weighted by Gasteiger charge is 2.29. The second-order valence-corrected chi connectivity index (χ2v) is 13.5. The standard InChI is InChI=1S/C31H35ClN6O3S/c1-31(2,3)30(41)38-27(35(4)19-23-10-11-26(32)42-23)17-24(34-38)25-15-22(21-9-8-12-33-18-21)16-28(39)37(25)20-29(40)36-13-6-5-7-14-36/h8-12,15-18H,5-7,13-14,19-20H2,1-4H3. The minimum Gasteiger partial charge on any atom is -0.354 e. The number of amides is 1. The lowest BCUT2D eigenvalue weighted by Gasteiger charge is -2.27. The molecule has 0 saturated carbocycles. The number of rotatable bonds is 7. The molecule has 1 aliphatic rings. The lowest BCUT2D eigenvalue weighted by molar-refractivity contribution is -0.132. The number of likely N-dealkylation sites (tertiary alicyclic amines) is 1. The molecule has 1 aliphatic heterocycles. The first kappa shape index (κ1) is 29.7. The molecule has 0 N–H and O–H groups in total. The topological polar surface area (TPSA) is 93.3 Å². The van der Waals surface area contributed by atoms with E-state index in [2.05, 4.69) is 4.98 Å². The predicted octanol–water partition coefficient (Wildman–Crippen LogP) is 5.82. The van der Waals surface area contributed by atoms with Crippen LogP contribution in [0.3, 0.4) is 0 Å². The second kappa shape index (κ2) is 12.2. The third-order valence-electron chi connectivity index (χ3n) is 7.32. The molecule has 1 amide bonds. The van der Waals surface area contributed by atoms with E-state index in [-0.39, 0.29) is 23.9 Å². The number of pyridine rings is 2. The summed E-state index contributed by atoms with van der Waals surface area (Å²) < 4.78 is 3.56. The lowest BCUT2D eigenvalue weighted by Crippen LogP contribution is -2.39. The minimum absolute atomic E-state index is 0.107. The molecular formula is C31H35ClN6O3S. The fraction of sp³-hybridized carbons (Fsp3) is 0.387. The SMILES string of the molecule is CN(Cc1ccc(Cl)s1)c1cc(-c2cc(-c3cccnc3)cc(=O)n2CC(=O)N2CCCCC2)nn1C(=O)C(C)(C)C. The van der Waals surface area contributed by atoms with Gasteiger partial charge in [-0.1, -0.05) is 38.4 Å². The molecule has 0 bridgehead atoms. The van der Waals surface area contributed by atoms with Crippen molar-refractivity contribution in [3.8, 4) is 22.5 Å². The van der Waals surface area contributed by atoms with Crippen LogP contribution in [0.4, 0.5) is 5.82 Å². The molecule has 9 nitrogen and oxygen atoms in total. The molecule has 0 atom stereocenters. The summed E-state index contributed by atoms with van der Waals surface area (Å²) in [7, 11) is 1.89. The van der Waals surface area contributed by atoms with Crippen molar-refractivity contribution in [2.24, 2.45) is 5.41 Å². The monoisotopic (exact) mass is 606 g/mol. The predicted molar refractivity (Wildman–Crippen MR) is 167 cm³/mol. The van der Waals surface area contributed by atoms with Crippen LogP contribution in [0.5, 0.6) is 0 Å². The molecule has 5 rings (SSSR count). The van der Waals surface area contributed by atoms with E-state index in [0.717, 1.165) is 29.7 Å². The van der Waals surface area contributed by atoms with Gasteiger partial charge in [0.2, 0.25) is 5.91 Å². The van der Waals surface area contributed by atoms with Crippen molar-refractivity contribution in [3.63, 3.8) is 0 Å². The summed E-state index contributed by atoms with van der Waals surface area (Å²) in [6.45, 7) is 7.30. The first-order valence-corrected chi connectivity index (χ1v) is 15.2. The van der Waals surface area contributed by atoms with Crippen molar-refractivity contribution in [2.75, 3.05) is 25.0 Å². The lowest BCUT2D eigenvalue weighted by atomic mass is 9.96. The Morgan fingerprint density at radius 2 is 1.81 bits per heavy atom. The van der Waals surface area contributed by atoms with Gasteiger partial charge in [0.25, 0.3) is 11.5 Å². The van der Waals surface area contributed by atoms with Crippen LogP contribution in [0.2, 0.25) is 4.34 Å². The maximum atomic E-state index is 13.6. The van der Waals surface area contributed by atoms with Crippen LogP contribution in [0.15, 0.2) is 59.7 Å². The van der Waals surface area contributed by atoms with Gasteiger partial charge in [0.1, 0.15) is 18.1 Å². The van der Waals surface area contributed by atoms with Gasteiger partial charge in [-0.15, -0.1) is 11.3 Å². The number of nitrogens with zero attached hydrogens (tertiary/aromatic N) is 6. The first-order valence-electron chi connectivity index (χ1n) is 14.0. The zero-order valence-electron chi connectivity index (χ0n) is 24.3. The molecule has 0 aliphatic carbocycles. The number of aromatic nitrogens is 4. The number of thiophene rings is 1. The molecule has 4 aromatic heterocycles. The van der Waals surface area contributed by atoms with Gasteiger partial charge in [-0.05, 0) is 49.1 Å². The molecule has 0 unspecified atom stereocenters. The summed E-state index contributed by atoms with van der Waals surface area (Å²) in [5.74, 6) is 0.272.